The van der Waals surface area contributed by atoms with Crippen LogP contribution in [0.4, 0.5) is 0 Å². The van der Waals surface area contributed by atoms with E-state index in [0.717, 1.165) is 30.5 Å². The Labute approximate surface area is 273 Å². The van der Waals surface area contributed by atoms with Crippen LogP contribution in [0.5, 0.6) is 0 Å². The molecule has 1 aromatic carbocycles. The molecule has 5 heteroatoms. The van der Waals surface area contributed by atoms with Gasteiger partial charge in [-0.2, -0.15) is 0 Å². The molecular weight excluding hydrogens is 544 g/mol. The number of hydrogen-bond donors (Lipinski definition) is 1. The van der Waals surface area contributed by atoms with Crippen LogP contribution < -0.4 is 5.32 Å². The van der Waals surface area contributed by atoms with Crippen LogP contribution in [0.1, 0.15) is 170 Å². The average molecular weight is 615 g/mol. The number of benzene rings is 1. The first-order valence-electron chi connectivity index (χ1n) is 17.7. The molecule has 5 nitrogen and oxygen atoms in total. The van der Waals surface area contributed by atoms with E-state index in [2.05, 4.69) is 89.8 Å². The molecule has 0 saturated heterocycles. The first-order chi connectivity index (χ1) is 20.9. The molecule has 0 unspecified atom stereocenters. The predicted molar refractivity (Wildman–Crippen MR) is 192 cm³/mol. The van der Waals surface area contributed by atoms with Gasteiger partial charge in [0.1, 0.15) is 11.5 Å². The number of nitrogens with zero attached hydrogens (tertiary/aromatic N) is 1. The number of oxime groups is 1. The summed E-state index contributed by atoms with van der Waals surface area (Å²) in [5.74, 6) is 0.990. The molecule has 0 heterocycles. The van der Waals surface area contributed by atoms with Crippen LogP contribution in [-0.2, 0) is 20.8 Å². The summed E-state index contributed by atoms with van der Waals surface area (Å²) >= 11 is 0. The van der Waals surface area contributed by atoms with Crippen LogP contribution in [-0.4, -0.2) is 23.9 Å². The van der Waals surface area contributed by atoms with Crippen molar-refractivity contribution in [3.05, 3.63) is 47.7 Å². The lowest BCUT2D eigenvalue weighted by molar-refractivity contribution is -0.121. The van der Waals surface area contributed by atoms with Crippen LogP contribution in [0.2, 0.25) is 0 Å². The highest BCUT2D eigenvalue weighted by Gasteiger charge is 2.12. The van der Waals surface area contributed by atoms with Gasteiger partial charge in [0.15, 0.2) is 0 Å². The van der Waals surface area contributed by atoms with Crippen molar-refractivity contribution in [1.82, 2.24) is 5.32 Å². The molecular formula is C39H70N2O3. The van der Waals surface area contributed by atoms with Crippen LogP contribution in [0.15, 0.2) is 41.8 Å². The Morgan fingerprint density at radius 3 is 1.80 bits per heavy atom. The topological polar surface area (TPSA) is 67.8 Å². The fraction of sp³-hybridized carbons (Fsp3) is 0.718. The molecule has 1 amide bonds. The fourth-order valence-corrected chi connectivity index (χ4v) is 4.69. The molecule has 0 saturated carbocycles. The smallest absolute Gasteiger partial charge is 0.220 e. The third kappa shape index (κ3) is 27.1. The van der Waals surface area contributed by atoms with Gasteiger partial charge in [0.2, 0.25) is 5.91 Å². The number of ketones is 1. The quantitative estimate of drug-likeness (QED) is 0.0648. The highest BCUT2D eigenvalue weighted by Crippen LogP contribution is 2.18. The molecule has 0 aliphatic carbocycles. The van der Waals surface area contributed by atoms with Gasteiger partial charge in [0, 0.05) is 12.8 Å². The summed E-state index contributed by atoms with van der Waals surface area (Å²) in [6.45, 7) is 24.7. The molecule has 1 N–H and O–H groups in total. The zero-order chi connectivity index (χ0) is 33.8. The molecule has 1 rings (SSSR count). The predicted octanol–water partition coefficient (Wildman–Crippen LogP) is 11.4. The maximum Gasteiger partial charge on any atom is 0.220 e. The minimum atomic E-state index is 0.0426. The van der Waals surface area contributed by atoms with E-state index in [4.69, 9.17) is 4.84 Å². The lowest BCUT2D eigenvalue weighted by Crippen LogP contribution is -2.25. The number of Topliss-reactive ketones (excluding diaryl/α,β-unsaturated/α-hetero) is 1. The highest BCUT2D eigenvalue weighted by molar-refractivity contribution is 6.01. The Morgan fingerprint density at radius 1 is 0.841 bits per heavy atom. The van der Waals surface area contributed by atoms with Crippen molar-refractivity contribution in [3.63, 3.8) is 0 Å². The monoisotopic (exact) mass is 615 g/mol. The van der Waals surface area contributed by atoms with E-state index >= 15 is 0 Å². The van der Waals surface area contributed by atoms with E-state index in [0.29, 0.717) is 25.1 Å². The van der Waals surface area contributed by atoms with Gasteiger partial charge in [0.05, 0.1) is 12.3 Å². The van der Waals surface area contributed by atoms with Crippen molar-refractivity contribution in [2.75, 3.05) is 6.54 Å². The number of carbonyl (C=O) groups is 2. The first-order valence-corrected chi connectivity index (χ1v) is 17.7. The number of nitrogens with one attached hydrogen (secondary N) is 1. The molecule has 0 fully saturated rings. The number of rotatable bonds is 21. The number of amides is 1. The zero-order valence-electron chi connectivity index (χ0n) is 30.6. The third-order valence-electron chi connectivity index (χ3n) is 6.91. The van der Waals surface area contributed by atoms with E-state index in [1.54, 1.807) is 6.92 Å². The molecule has 0 aliphatic rings. The number of carbonyl (C=O) groups excluding carboxylic acids is 2. The molecule has 0 atom stereocenters. The highest BCUT2D eigenvalue weighted by atomic mass is 16.6. The molecule has 0 spiro atoms. The minimum absolute atomic E-state index is 0.0426. The Hall–Kier alpha value is -2.43. The van der Waals surface area contributed by atoms with Crippen LogP contribution >= 0.6 is 0 Å². The van der Waals surface area contributed by atoms with Crippen LogP contribution in [0.3, 0.4) is 0 Å². The largest absolute Gasteiger partial charge is 0.360 e. The van der Waals surface area contributed by atoms with Gasteiger partial charge >= 0.3 is 0 Å². The second-order valence-electron chi connectivity index (χ2n) is 13.2. The number of aryl methyl sites for hydroxylation is 1. The van der Waals surface area contributed by atoms with Gasteiger partial charge in [-0.1, -0.05) is 163 Å². The second-order valence-corrected chi connectivity index (χ2v) is 13.2. The van der Waals surface area contributed by atoms with Crippen molar-refractivity contribution in [2.24, 2.45) is 16.5 Å². The normalized spacial score (nSPS) is 11.2. The molecule has 0 radical (unpaired) electrons. The summed E-state index contributed by atoms with van der Waals surface area (Å²) in [4.78, 5) is 27.9. The number of unbranched alkanes of at least 4 members (excludes halogenated alkanes) is 10. The molecule has 44 heavy (non-hydrogen) atoms. The SMILES string of the molecule is C=C(CNC(=O)CCCCCC)O/N=C(/c1ccc(CCCCCCCCCC)cc1)C(C)C.CC.CC(=O)CC(C)(C)C. The standard InChI is InChI=1S/C30H50N2O2.C7H14O.C2H6/c1-6-8-10-12-13-14-15-16-18-27-20-22-28(23-21-27)30(25(3)4)32-34-26(5)24-31-29(33)19-17-11-9-7-2;1-6(8)5-7(2,3)4;1-2/h20-23,25H,5-19,24H2,1-4H3,(H,31,33);5H2,1-4H3;1-2H3/b32-30+;;. The Kier molecular flexibility index (Phi) is 27.9. The molecule has 254 valence electrons. The van der Waals surface area contributed by atoms with Crippen LogP contribution in [0, 0.1) is 11.3 Å². The maximum absolute atomic E-state index is 11.9. The van der Waals surface area contributed by atoms with Crippen molar-refractivity contribution >= 4 is 17.4 Å². The molecule has 0 aromatic heterocycles. The van der Waals surface area contributed by atoms with Crippen molar-refractivity contribution in [2.45, 2.75) is 166 Å². The second kappa shape index (κ2) is 28.1. The zero-order valence-corrected chi connectivity index (χ0v) is 30.6. The summed E-state index contributed by atoms with van der Waals surface area (Å²) in [5, 5.41) is 7.24. The van der Waals surface area contributed by atoms with Gasteiger partial charge in [-0.15, -0.1) is 0 Å². The van der Waals surface area contributed by atoms with Gasteiger partial charge in [-0.25, -0.2) is 0 Å². The average Bonchev–Trinajstić information content (AvgIpc) is 2.96. The van der Waals surface area contributed by atoms with Gasteiger partial charge in [-0.05, 0) is 48.6 Å². The summed E-state index contributed by atoms with van der Waals surface area (Å²) in [6, 6.07) is 8.70. The van der Waals surface area contributed by atoms with Gasteiger partial charge < -0.3 is 14.9 Å². The summed E-state index contributed by atoms with van der Waals surface area (Å²) < 4.78 is 0. The summed E-state index contributed by atoms with van der Waals surface area (Å²) in [6.07, 6.45) is 17.5. The lowest BCUT2D eigenvalue weighted by Gasteiger charge is -2.14. The van der Waals surface area contributed by atoms with Crippen molar-refractivity contribution in [1.29, 1.82) is 0 Å². The Bertz CT molecular complexity index is 895. The molecule has 0 bridgehead atoms. The van der Waals surface area contributed by atoms with Gasteiger partial charge in [-0.3, -0.25) is 4.79 Å². The number of hydrogen-bond acceptors (Lipinski definition) is 4. The molecule has 1 aromatic rings. The first kappa shape index (κ1) is 43.7. The third-order valence-corrected chi connectivity index (χ3v) is 6.91. The van der Waals surface area contributed by atoms with E-state index < -0.39 is 0 Å². The van der Waals surface area contributed by atoms with E-state index in [1.165, 1.54) is 69.8 Å². The van der Waals surface area contributed by atoms with Gasteiger partial charge in [0.25, 0.3) is 0 Å². The minimum Gasteiger partial charge on any atom is -0.360 e. The molecule has 0 aliphatic heterocycles. The Balaban J connectivity index is 0. The summed E-state index contributed by atoms with van der Waals surface area (Å²) in [7, 11) is 0. The van der Waals surface area contributed by atoms with E-state index in [-0.39, 0.29) is 23.0 Å². The van der Waals surface area contributed by atoms with Crippen molar-refractivity contribution in [3.8, 4) is 0 Å². The van der Waals surface area contributed by atoms with E-state index in [1.807, 2.05) is 13.8 Å². The maximum atomic E-state index is 11.9. The Morgan fingerprint density at radius 2 is 1.34 bits per heavy atom. The van der Waals surface area contributed by atoms with Crippen LogP contribution in [0.25, 0.3) is 0 Å². The summed E-state index contributed by atoms with van der Waals surface area (Å²) in [5.41, 5.74) is 3.52. The fourth-order valence-electron chi connectivity index (χ4n) is 4.69. The van der Waals surface area contributed by atoms with Crippen molar-refractivity contribution < 1.29 is 14.4 Å². The lowest BCUT2D eigenvalue weighted by atomic mass is 9.91. The van der Waals surface area contributed by atoms with E-state index in [9.17, 15) is 9.59 Å².